The highest BCUT2D eigenvalue weighted by Crippen LogP contribution is 2.37. The molecule has 0 saturated heterocycles. The summed E-state index contributed by atoms with van der Waals surface area (Å²) in [5.41, 5.74) is 3.84. The first-order chi connectivity index (χ1) is 13.0. The smallest absolute Gasteiger partial charge is 0.419 e. The van der Waals surface area contributed by atoms with Crippen LogP contribution in [0.25, 0.3) is 10.9 Å². The zero-order chi connectivity index (χ0) is 20.8. The van der Waals surface area contributed by atoms with Crippen LogP contribution in [0.3, 0.4) is 0 Å². The third kappa shape index (κ3) is 3.57. The molecule has 2 aromatic carbocycles. The molecule has 0 amide bonds. The average molecular weight is 396 g/mol. The van der Waals surface area contributed by atoms with Gasteiger partial charge in [0.05, 0.1) is 17.1 Å². The van der Waals surface area contributed by atoms with E-state index in [0.717, 1.165) is 6.07 Å². The van der Waals surface area contributed by atoms with Crippen molar-refractivity contribution in [2.24, 2.45) is 0 Å². The predicted molar refractivity (Wildman–Crippen MR) is 95.5 cm³/mol. The van der Waals surface area contributed by atoms with Gasteiger partial charge in [0.15, 0.2) is 11.5 Å². The lowest BCUT2D eigenvalue weighted by Crippen LogP contribution is -2.16. The molecule has 1 heterocycles. The highest BCUT2D eigenvalue weighted by molar-refractivity contribution is 5.91. The van der Waals surface area contributed by atoms with Gasteiger partial charge in [0.25, 0.3) is 0 Å². The quantitative estimate of drug-likeness (QED) is 0.300. The van der Waals surface area contributed by atoms with Crippen molar-refractivity contribution < 1.29 is 27.8 Å². The van der Waals surface area contributed by atoms with Gasteiger partial charge in [-0.3, -0.25) is 0 Å². The molecule has 0 saturated carbocycles. The summed E-state index contributed by atoms with van der Waals surface area (Å²) in [4.78, 5) is 8.30. The van der Waals surface area contributed by atoms with Crippen LogP contribution in [0.4, 0.5) is 29.1 Å². The minimum atomic E-state index is -4.89. The minimum Gasteiger partial charge on any atom is -0.504 e. The van der Waals surface area contributed by atoms with Gasteiger partial charge in [0.2, 0.25) is 0 Å². The first-order valence-electron chi connectivity index (χ1n) is 8.10. The summed E-state index contributed by atoms with van der Waals surface area (Å²) in [7, 11) is 0. The van der Waals surface area contributed by atoms with Crippen molar-refractivity contribution >= 4 is 22.4 Å². The lowest BCUT2D eigenvalue weighted by molar-refractivity contribution is -0.140. The van der Waals surface area contributed by atoms with E-state index in [1.54, 1.807) is 6.92 Å². The van der Waals surface area contributed by atoms with Crippen LogP contribution in [-0.4, -0.2) is 20.2 Å². The average Bonchev–Trinajstić information content (AvgIpc) is 2.57. The van der Waals surface area contributed by atoms with Gasteiger partial charge in [-0.05, 0) is 32.0 Å². The van der Waals surface area contributed by atoms with Crippen LogP contribution in [0.1, 0.15) is 29.9 Å². The molecule has 5 N–H and O–H groups in total. The Labute approximate surface area is 156 Å². The summed E-state index contributed by atoms with van der Waals surface area (Å²) in [6, 6.07) is 3.13. The molecule has 0 aliphatic rings. The summed E-state index contributed by atoms with van der Waals surface area (Å²) >= 11 is 0. The molecule has 28 heavy (non-hydrogen) atoms. The Morgan fingerprint density at radius 2 is 1.71 bits per heavy atom. The number of hydrogen-bond acceptors (Lipinski definition) is 6. The fraction of sp³-hybridized carbons (Fsp3) is 0.222. The normalized spacial score (nSPS) is 12.9. The maximum Gasteiger partial charge on any atom is 0.419 e. The number of halogens is 4. The maximum absolute atomic E-state index is 14.5. The van der Waals surface area contributed by atoms with E-state index in [1.807, 2.05) is 0 Å². The number of rotatable bonds is 3. The predicted octanol–water partition coefficient (Wildman–Crippen LogP) is 4.26. The van der Waals surface area contributed by atoms with Crippen molar-refractivity contribution in [3.63, 3.8) is 0 Å². The van der Waals surface area contributed by atoms with Crippen molar-refractivity contribution in [2.75, 3.05) is 11.1 Å². The third-order valence-corrected chi connectivity index (χ3v) is 4.15. The number of alkyl halides is 3. The molecule has 0 aliphatic carbocycles. The Bertz CT molecular complexity index is 1070. The van der Waals surface area contributed by atoms with E-state index in [1.165, 1.54) is 19.1 Å². The zero-order valence-electron chi connectivity index (χ0n) is 14.8. The lowest BCUT2D eigenvalue weighted by atomic mass is 10.0. The Kier molecular flexibility index (Phi) is 4.66. The molecule has 0 bridgehead atoms. The summed E-state index contributed by atoms with van der Waals surface area (Å²) in [5, 5.41) is 22.5. The molecule has 10 heteroatoms. The fourth-order valence-corrected chi connectivity index (χ4v) is 2.85. The third-order valence-electron chi connectivity index (χ3n) is 4.15. The van der Waals surface area contributed by atoms with Crippen molar-refractivity contribution in [1.82, 2.24) is 9.97 Å². The summed E-state index contributed by atoms with van der Waals surface area (Å²) in [6.07, 6.45) is -4.89. The number of phenols is 2. The number of nitrogens with one attached hydrogen (secondary N) is 1. The van der Waals surface area contributed by atoms with Crippen LogP contribution in [0.15, 0.2) is 24.3 Å². The zero-order valence-corrected chi connectivity index (χ0v) is 14.8. The monoisotopic (exact) mass is 396 g/mol. The largest absolute Gasteiger partial charge is 0.504 e. The number of aryl methyl sites for hydroxylation is 1. The minimum absolute atomic E-state index is 0.153. The SMILES string of the molecule is Cc1nc(N[C@H](C)c2cc(N)cc(C(F)(F)F)c2F)c2cc(O)c(O)cc2n1. The topological polar surface area (TPSA) is 104 Å². The first kappa shape index (κ1) is 19.5. The Hall–Kier alpha value is -3.30. The number of nitrogen functional groups attached to an aromatic ring is 1. The Morgan fingerprint density at radius 1 is 1.07 bits per heavy atom. The number of aromatic hydroxyl groups is 2. The molecule has 0 radical (unpaired) electrons. The molecule has 1 aromatic heterocycles. The van der Waals surface area contributed by atoms with Crippen molar-refractivity contribution in [3.05, 3.63) is 47.0 Å². The van der Waals surface area contributed by atoms with E-state index in [0.29, 0.717) is 22.8 Å². The van der Waals surface area contributed by atoms with Gasteiger partial charge in [-0.25, -0.2) is 14.4 Å². The number of nitrogens with zero attached hydrogens (tertiary/aromatic N) is 2. The van der Waals surface area contributed by atoms with Crippen molar-refractivity contribution in [3.8, 4) is 11.5 Å². The first-order valence-corrected chi connectivity index (χ1v) is 8.10. The number of benzene rings is 2. The molecule has 6 nitrogen and oxygen atoms in total. The Balaban J connectivity index is 2.08. The van der Waals surface area contributed by atoms with E-state index in [2.05, 4.69) is 15.3 Å². The van der Waals surface area contributed by atoms with Crippen LogP contribution in [0, 0.1) is 12.7 Å². The van der Waals surface area contributed by atoms with Gasteiger partial charge < -0.3 is 21.3 Å². The van der Waals surface area contributed by atoms with Crippen LogP contribution in [-0.2, 0) is 6.18 Å². The second-order valence-electron chi connectivity index (χ2n) is 6.31. The summed E-state index contributed by atoms with van der Waals surface area (Å²) in [5.74, 6) is -1.79. The highest BCUT2D eigenvalue weighted by Gasteiger charge is 2.36. The van der Waals surface area contributed by atoms with Gasteiger partial charge in [-0.1, -0.05) is 0 Å². The second kappa shape index (κ2) is 6.70. The van der Waals surface area contributed by atoms with Crippen LogP contribution < -0.4 is 11.1 Å². The summed E-state index contributed by atoms with van der Waals surface area (Å²) < 4.78 is 53.7. The van der Waals surface area contributed by atoms with Crippen LogP contribution >= 0.6 is 0 Å². The van der Waals surface area contributed by atoms with E-state index in [4.69, 9.17) is 5.73 Å². The van der Waals surface area contributed by atoms with Gasteiger partial charge in [-0.15, -0.1) is 0 Å². The molecule has 3 rings (SSSR count). The second-order valence-corrected chi connectivity index (χ2v) is 6.31. The Morgan fingerprint density at radius 3 is 2.36 bits per heavy atom. The van der Waals surface area contributed by atoms with Crippen LogP contribution in [0.2, 0.25) is 0 Å². The van der Waals surface area contributed by atoms with Crippen molar-refractivity contribution in [1.29, 1.82) is 0 Å². The standard InChI is InChI=1S/C18H16F4N4O2/c1-7(10-3-9(23)4-12(16(10)19)18(20,21)22)24-17-11-5-14(27)15(28)6-13(11)25-8(2)26-17/h3-7,27-28H,23H2,1-2H3,(H,24,25,26)/t7-/m1/s1. The number of hydrogen-bond donors (Lipinski definition) is 4. The van der Waals surface area contributed by atoms with Gasteiger partial charge in [-0.2, -0.15) is 13.2 Å². The number of anilines is 2. The molecule has 1 atom stereocenters. The van der Waals surface area contributed by atoms with Crippen LogP contribution in [0.5, 0.6) is 11.5 Å². The molecular weight excluding hydrogens is 380 g/mol. The number of fused-ring (bicyclic) bond motifs is 1. The molecular formula is C18H16F4N4O2. The molecule has 0 aliphatic heterocycles. The number of aromatic nitrogens is 2. The maximum atomic E-state index is 14.5. The van der Waals surface area contributed by atoms with Gasteiger partial charge in [0.1, 0.15) is 17.5 Å². The lowest BCUT2D eigenvalue weighted by Gasteiger charge is -2.20. The number of phenolic OH excluding ortho intramolecular Hbond substituents is 2. The highest BCUT2D eigenvalue weighted by atomic mass is 19.4. The van der Waals surface area contributed by atoms with E-state index < -0.39 is 29.3 Å². The van der Waals surface area contributed by atoms with Crippen molar-refractivity contribution in [2.45, 2.75) is 26.1 Å². The van der Waals surface area contributed by atoms with E-state index in [-0.39, 0.29) is 22.8 Å². The molecule has 0 fully saturated rings. The molecule has 0 spiro atoms. The van der Waals surface area contributed by atoms with Gasteiger partial charge in [0, 0.05) is 22.7 Å². The van der Waals surface area contributed by atoms with E-state index >= 15 is 0 Å². The summed E-state index contributed by atoms with van der Waals surface area (Å²) in [6.45, 7) is 3.02. The molecule has 148 valence electrons. The number of nitrogens with two attached hydrogens (primary N) is 1. The molecule has 0 unspecified atom stereocenters. The van der Waals surface area contributed by atoms with Gasteiger partial charge >= 0.3 is 6.18 Å². The van der Waals surface area contributed by atoms with E-state index in [9.17, 15) is 27.8 Å². The molecule has 3 aromatic rings. The fourth-order valence-electron chi connectivity index (χ4n) is 2.85.